The zero-order chi connectivity index (χ0) is 32.9. The summed E-state index contributed by atoms with van der Waals surface area (Å²) >= 11 is 1.46. The van der Waals surface area contributed by atoms with Gasteiger partial charge in [-0.3, -0.25) is 0 Å². The van der Waals surface area contributed by atoms with Gasteiger partial charge in [0.05, 0.1) is 0 Å². The van der Waals surface area contributed by atoms with Crippen LogP contribution in [0.25, 0.3) is 49.4 Å². The molecule has 7 aromatic carbocycles. The molecule has 0 aliphatic heterocycles. The zero-order valence-corrected chi connectivity index (χ0v) is 32.4. The third-order valence-corrected chi connectivity index (χ3v) is 10.9. The van der Waals surface area contributed by atoms with E-state index in [9.17, 15) is 0 Å². The van der Waals surface area contributed by atoms with Crippen LogP contribution in [0.5, 0.6) is 0 Å². The van der Waals surface area contributed by atoms with Gasteiger partial charge >= 0.3 is 99.2 Å². The summed E-state index contributed by atoms with van der Waals surface area (Å²) in [5.41, 5.74) is 13.7. The normalized spacial score (nSPS) is 11.7. The van der Waals surface area contributed by atoms with E-state index in [1.54, 1.807) is 0 Å². The second-order valence-electron chi connectivity index (χ2n) is 12.3. The summed E-state index contributed by atoms with van der Waals surface area (Å²) in [4.78, 5) is 0. The summed E-state index contributed by atoms with van der Waals surface area (Å²) in [6.07, 6.45) is 9.87. The summed E-state index contributed by atoms with van der Waals surface area (Å²) < 4.78 is 1.42. The van der Waals surface area contributed by atoms with Crippen LogP contribution < -0.4 is 24.8 Å². The predicted molar refractivity (Wildman–Crippen MR) is 205 cm³/mol. The first-order valence-corrected chi connectivity index (χ1v) is 18.3. The van der Waals surface area contributed by atoms with E-state index in [2.05, 4.69) is 178 Å². The van der Waals surface area contributed by atoms with Crippen molar-refractivity contribution < 1.29 is 49.0 Å². The summed E-state index contributed by atoms with van der Waals surface area (Å²) in [5.74, 6) is 0. The molecule has 0 heterocycles. The van der Waals surface area contributed by atoms with Gasteiger partial charge in [-0.05, 0) is 41.5 Å². The fraction of sp³-hybridized carbons (Fsp3) is 0.106. The zero-order valence-electron chi connectivity index (χ0n) is 28.5. The van der Waals surface area contributed by atoms with Crippen LogP contribution in [0.15, 0.2) is 164 Å². The Morgan fingerprint density at radius 2 is 1.16 bits per heavy atom. The molecule has 8 rings (SSSR count). The maximum atomic E-state index is 2.46. The third-order valence-electron chi connectivity index (χ3n) is 9.43. The molecular weight excluding hydrogens is 727 g/mol. The molecule has 0 saturated heterocycles. The number of hydrogen-bond donors (Lipinski definition) is 0. The SMILES string of the molecule is CCc1ccc2c(c1)[cH-]c1c(C3=CC=CC3)c(CC)c(-c3ccccc3)c(-c3ccccc3)c12.[Cl-].[Cl-].[Zr+2]=[C](c1ccccc1)c1ccccc1. The van der Waals surface area contributed by atoms with E-state index in [1.165, 1.54) is 105 Å². The molecule has 0 amide bonds. The van der Waals surface area contributed by atoms with E-state index in [4.69, 9.17) is 0 Å². The van der Waals surface area contributed by atoms with Crippen LogP contribution in [0.3, 0.4) is 0 Å². The van der Waals surface area contributed by atoms with Crippen LogP contribution in [0.1, 0.15) is 48.1 Å². The molecule has 0 bridgehead atoms. The van der Waals surface area contributed by atoms with Gasteiger partial charge in [0.1, 0.15) is 0 Å². The Morgan fingerprint density at radius 3 is 1.66 bits per heavy atom. The number of rotatable bonds is 7. The van der Waals surface area contributed by atoms with E-state index < -0.39 is 0 Å². The fourth-order valence-corrected chi connectivity index (χ4v) is 7.95. The van der Waals surface area contributed by atoms with Gasteiger partial charge in [0.2, 0.25) is 0 Å². The predicted octanol–water partition coefficient (Wildman–Crippen LogP) is 6.32. The molecule has 0 radical (unpaired) electrons. The maximum absolute atomic E-state index is 2.46. The van der Waals surface area contributed by atoms with Gasteiger partial charge in [-0.1, -0.05) is 133 Å². The van der Waals surface area contributed by atoms with E-state index in [1.807, 2.05) is 0 Å². The van der Waals surface area contributed by atoms with Crippen LogP contribution in [-0.4, -0.2) is 3.21 Å². The molecular formula is C47H39Cl2Zr-. The quantitative estimate of drug-likeness (QED) is 0.167. The molecule has 0 spiro atoms. The topological polar surface area (TPSA) is 0 Å². The molecule has 50 heavy (non-hydrogen) atoms. The Kier molecular flexibility index (Phi) is 12.9. The molecule has 1 aliphatic carbocycles. The molecule has 0 saturated carbocycles. The standard InChI is InChI=1S/C34H29.C13H10.2ClH.Zr/c1-3-23-19-20-29-27(21-23)22-30-31(24-17-11-12-18-24)28(4-2)32(25-13-7-5-8-14-25)33(34(29)30)26-15-9-6-10-16-26;1-3-7-12(8-4-1)11-13-9-5-2-6-10-13;;;/h5-17,19-22H,3-4,18H2,1-2H3;1-10H;2*1H;/q-1;;;;+2/p-2. The van der Waals surface area contributed by atoms with E-state index in [0.29, 0.717) is 0 Å². The molecule has 0 N–H and O–H groups in total. The van der Waals surface area contributed by atoms with Gasteiger partial charge < -0.3 is 24.8 Å². The summed E-state index contributed by atoms with van der Waals surface area (Å²) in [6.45, 7) is 4.55. The van der Waals surface area contributed by atoms with Crippen molar-refractivity contribution in [2.75, 3.05) is 0 Å². The minimum atomic E-state index is 0. The number of aryl methyl sites for hydroxylation is 1. The van der Waals surface area contributed by atoms with Gasteiger partial charge in [-0.15, -0.1) is 28.3 Å². The fourth-order valence-electron chi connectivity index (χ4n) is 7.13. The Bertz CT molecular complexity index is 2220. The van der Waals surface area contributed by atoms with Crippen molar-refractivity contribution in [2.24, 2.45) is 0 Å². The minimum absolute atomic E-state index is 0. The van der Waals surface area contributed by atoms with Crippen LogP contribution in [0.2, 0.25) is 0 Å². The van der Waals surface area contributed by atoms with Crippen molar-refractivity contribution in [3.63, 3.8) is 0 Å². The average molecular weight is 766 g/mol. The molecule has 3 heteroatoms. The van der Waals surface area contributed by atoms with Crippen LogP contribution in [0.4, 0.5) is 0 Å². The van der Waals surface area contributed by atoms with Crippen LogP contribution in [-0.2, 0) is 37.1 Å². The molecule has 7 aromatic rings. The Balaban J connectivity index is 0.000000257. The molecule has 0 unspecified atom stereocenters. The van der Waals surface area contributed by atoms with Gasteiger partial charge in [0.15, 0.2) is 0 Å². The summed E-state index contributed by atoms with van der Waals surface area (Å²) in [5, 5.41) is 5.50. The van der Waals surface area contributed by atoms with Gasteiger partial charge in [0.25, 0.3) is 0 Å². The number of benzene rings is 6. The number of allylic oxidation sites excluding steroid dienone is 4. The van der Waals surface area contributed by atoms with Gasteiger partial charge in [-0.2, -0.15) is 0 Å². The first kappa shape index (κ1) is 37.3. The van der Waals surface area contributed by atoms with E-state index >= 15 is 0 Å². The van der Waals surface area contributed by atoms with Crippen LogP contribution >= 0.6 is 0 Å². The first-order chi connectivity index (χ1) is 23.7. The molecule has 0 atom stereocenters. The first-order valence-electron chi connectivity index (χ1n) is 17.0. The Labute approximate surface area is 324 Å². The average Bonchev–Trinajstić information content (AvgIpc) is 3.83. The second kappa shape index (κ2) is 17.3. The van der Waals surface area contributed by atoms with Crippen molar-refractivity contribution >= 4 is 30.3 Å². The van der Waals surface area contributed by atoms with Gasteiger partial charge in [0, 0.05) is 0 Å². The van der Waals surface area contributed by atoms with Crippen LogP contribution in [0, 0.1) is 0 Å². The Hall–Kier alpha value is -4.00. The van der Waals surface area contributed by atoms with Gasteiger partial charge in [-0.25, -0.2) is 0 Å². The van der Waals surface area contributed by atoms with E-state index in [-0.39, 0.29) is 24.8 Å². The van der Waals surface area contributed by atoms with E-state index in [0.717, 1.165) is 19.3 Å². The third kappa shape index (κ3) is 7.52. The number of fused-ring (bicyclic) bond motifs is 3. The Morgan fingerprint density at radius 1 is 0.620 bits per heavy atom. The van der Waals surface area contributed by atoms with Crippen molar-refractivity contribution in [1.82, 2.24) is 0 Å². The summed E-state index contributed by atoms with van der Waals surface area (Å²) in [6, 6.07) is 52.6. The van der Waals surface area contributed by atoms with Crippen molar-refractivity contribution in [2.45, 2.75) is 33.1 Å². The van der Waals surface area contributed by atoms with Crippen molar-refractivity contribution in [1.29, 1.82) is 0 Å². The van der Waals surface area contributed by atoms with Crippen molar-refractivity contribution in [3.05, 3.63) is 192 Å². The summed E-state index contributed by atoms with van der Waals surface area (Å²) in [7, 11) is 0. The van der Waals surface area contributed by atoms with Crippen molar-refractivity contribution in [3.8, 4) is 22.3 Å². The molecule has 0 fully saturated rings. The number of halogens is 2. The molecule has 246 valence electrons. The second-order valence-corrected chi connectivity index (χ2v) is 13.6. The molecule has 0 aromatic heterocycles. The molecule has 1 aliphatic rings. The monoisotopic (exact) mass is 763 g/mol. The molecule has 0 nitrogen and oxygen atoms in total. The number of hydrogen-bond acceptors (Lipinski definition) is 0.